The summed E-state index contributed by atoms with van der Waals surface area (Å²) in [5.41, 5.74) is 0. The zero-order valence-electron chi connectivity index (χ0n) is 10.5. The molecule has 2 N–H and O–H groups in total. The summed E-state index contributed by atoms with van der Waals surface area (Å²) >= 11 is 8.50. The van der Waals surface area contributed by atoms with E-state index >= 15 is 0 Å². The topological polar surface area (TPSA) is 94.5 Å². The van der Waals surface area contributed by atoms with Crippen molar-refractivity contribution in [1.82, 2.24) is 0 Å². The van der Waals surface area contributed by atoms with E-state index in [0.29, 0.717) is 12.8 Å². The molecule has 0 aliphatic heterocycles. The molecule has 7 nitrogen and oxygen atoms in total. The van der Waals surface area contributed by atoms with E-state index in [2.05, 4.69) is 21.3 Å². The van der Waals surface area contributed by atoms with Crippen LogP contribution in [0.4, 0.5) is 0 Å². The van der Waals surface area contributed by atoms with Gasteiger partial charge in [0.1, 0.15) is 0 Å². The third-order valence-corrected chi connectivity index (χ3v) is 6.15. The molecular formula is C8H18O7P2S2. The highest BCUT2D eigenvalue weighted by molar-refractivity contribution is 8.44. The summed E-state index contributed by atoms with van der Waals surface area (Å²) in [7, 11) is 2.47. The summed E-state index contributed by atoms with van der Waals surface area (Å²) in [5, 5.41) is 9.73. The normalized spacial score (nSPS) is 34.5. The Morgan fingerprint density at radius 2 is 1.68 bits per heavy atom. The summed E-state index contributed by atoms with van der Waals surface area (Å²) in [6, 6.07) is 0. The van der Waals surface area contributed by atoms with E-state index < -0.39 is 31.8 Å². The molecule has 0 heterocycles. The second kappa shape index (κ2) is 7.31. The van der Waals surface area contributed by atoms with E-state index in [9.17, 15) is 14.6 Å². The Morgan fingerprint density at radius 1 is 1.16 bits per heavy atom. The van der Waals surface area contributed by atoms with Gasteiger partial charge in [-0.3, -0.25) is 4.52 Å². The first-order chi connectivity index (χ1) is 8.67. The van der Waals surface area contributed by atoms with Gasteiger partial charge in [-0.05, 0) is 11.8 Å². The van der Waals surface area contributed by atoms with Gasteiger partial charge in [-0.15, -0.1) is 0 Å². The minimum atomic E-state index is -3.44. The van der Waals surface area contributed by atoms with Crippen LogP contribution in [0.15, 0.2) is 0 Å². The monoisotopic (exact) mass is 352 g/mol. The molecule has 0 spiro atoms. The van der Waals surface area contributed by atoms with Crippen molar-refractivity contribution < 1.29 is 32.7 Å². The van der Waals surface area contributed by atoms with E-state index in [0.717, 1.165) is 0 Å². The maximum Gasteiger partial charge on any atom is 0.386 e. The van der Waals surface area contributed by atoms with E-state index in [-0.39, 0.29) is 6.42 Å². The molecular weight excluding hydrogens is 334 g/mol. The van der Waals surface area contributed by atoms with Crippen molar-refractivity contribution in [1.29, 1.82) is 0 Å². The Hall–Kier alpha value is 0.990. The summed E-state index contributed by atoms with van der Waals surface area (Å²) < 4.78 is 31.3. The standard InChI is InChI=1S/C8H18O7P2S2/c1-12-16(10,18)14-7-3-6(9)4-8(5-7)15-17(11,19)13-2/h6-9H,3-5H2,1-2H3,(H,10,18)(H,11,19)/t6?,7-,8+,16?,17?. The van der Waals surface area contributed by atoms with Crippen LogP contribution in [0.1, 0.15) is 19.3 Å². The SMILES string of the molecule is COP(=O)(S)O[C@@H]1CC(O)C[C@H](OP(O)(=S)OC)C1. The molecule has 0 aromatic rings. The van der Waals surface area contributed by atoms with Crippen LogP contribution < -0.4 is 0 Å². The highest BCUT2D eigenvalue weighted by Crippen LogP contribution is 2.55. The van der Waals surface area contributed by atoms with E-state index in [1.165, 1.54) is 14.2 Å². The molecule has 1 rings (SSSR count). The number of hydrogen-bond acceptors (Lipinski definition) is 7. The predicted octanol–water partition coefficient (Wildman–Crippen LogP) is 1.85. The lowest BCUT2D eigenvalue weighted by molar-refractivity contribution is -0.0126. The third kappa shape index (κ3) is 6.52. The van der Waals surface area contributed by atoms with Crippen molar-refractivity contribution in [3.63, 3.8) is 0 Å². The first kappa shape index (κ1) is 18.0. The van der Waals surface area contributed by atoms with Crippen LogP contribution in [0.2, 0.25) is 0 Å². The molecule has 11 heteroatoms. The quantitative estimate of drug-likeness (QED) is 0.493. The maximum absolute atomic E-state index is 11.6. The molecule has 1 fully saturated rings. The second-order valence-corrected chi connectivity index (χ2v) is 10.00. The van der Waals surface area contributed by atoms with Gasteiger partial charge in [0.25, 0.3) is 0 Å². The molecule has 1 saturated carbocycles. The average Bonchev–Trinajstić information content (AvgIpc) is 2.27. The number of thiol groups is 1. The molecule has 19 heavy (non-hydrogen) atoms. The highest BCUT2D eigenvalue weighted by atomic mass is 32.7. The molecule has 114 valence electrons. The van der Waals surface area contributed by atoms with Gasteiger partial charge in [-0.1, -0.05) is 12.2 Å². The van der Waals surface area contributed by atoms with Crippen LogP contribution in [0.5, 0.6) is 0 Å². The molecule has 3 unspecified atom stereocenters. The van der Waals surface area contributed by atoms with Crippen LogP contribution in [0, 0.1) is 0 Å². The lowest BCUT2D eigenvalue weighted by atomic mass is 9.93. The number of aliphatic hydroxyl groups excluding tert-OH is 1. The molecule has 0 saturated heterocycles. The minimum absolute atomic E-state index is 0.287. The molecule has 0 bridgehead atoms. The van der Waals surface area contributed by atoms with Gasteiger partial charge in [-0.25, -0.2) is 4.57 Å². The van der Waals surface area contributed by atoms with Crippen molar-refractivity contribution in [2.45, 2.75) is 37.6 Å². The van der Waals surface area contributed by atoms with E-state index in [1.54, 1.807) is 0 Å². The Morgan fingerprint density at radius 3 is 2.16 bits per heavy atom. The Balaban J connectivity index is 2.63. The molecule has 0 aromatic heterocycles. The van der Waals surface area contributed by atoms with Crippen molar-refractivity contribution in [2.75, 3.05) is 14.2 Å². The maximum atomic E-state index is 11.6. The van der Waals surface area contributed by atoms with Gasteiger partial charge >= 0.3 is 13.5 Å². The van der Waals surface area contributed by atoms with Crippen molar-refractivity contribution in [3.8, 4) is 0 Å². The summed E-state index contributed by atoms with van der Waals surface area (Å²) in [5.74, 6) is 0. The molecule has 0 amide bonds. The Labute approximate surface area is 122 Å². The lowest BCUT2D eigenvalue weighted by Gasteiger charge is -2.33. The van der Waals surface area contributed by atoms with E-state index in [4.69, 9.17) is 20.9 Å². The largest absolute Gasteiger partial charge is 0.393 e. The summed E-state index contributed by atoms with van der Waals surface area (Å²) in [6.45, 7) is -6.74. The zero-order valence-corrected chi connectivity index (χ0v) is 14.0. The number of hydrogen-bond donors (Lipinski definition) is 3. The van der Waals surface area contributed by atoms with Crippen LogP contribution in [0.25, 0.3) is 0 Å². The molecule has 1 aliphatic carbocycles. The highest BCUT2D eigenvalue weighted by Gasteiger charge is 2.35. The smallest absolute Gasteiger partial charge is 0.386 e. The number of aliphatic hydroxyl groups is 1. The third-order valence-electron chi connectivity index (χ3n) is 2.62. The van der Waals surface area contributed by atoms with Gasteiger partial charge in [0.2, 0.25) is 0 Å². The Bertz CT molecular complexity index is 359. The number of rotatable bonds is 6. The molecule has 0 aromatic carbocycles. The molecule has 5 atom stereocenters. The zero-order chi connectivity index (χ0) is 14.7. The van der Waals surface area contributed by atoms with Crippen LogP contribution in [0.3, 0.4) is 0 Å². The summed E-state index contributed by atoms with van der Waals surface area (Å²) in [4.78, 5) is 9.59. The Kier molecular flexibility index (Phi) is 6.94. The minimum Gasteiger partial charge on any atom is -0.393 e. The molecule has 1 aliphatic rings. The second-order valence-electron chi connectivity index (χ2n) is 4.12. The molecule has 0 radical (unpaired) electrons. The van der Waals surface area contributed by atoms with Crippen molar-refractivity contribution >= 4 is 37.6 Å². The van der Waals surface area contributed by atoms with Gasteiger partial charge in [0, 0.05) is 33.5 Å². The predicted molar refractivity (Wildman–Crippen MR) is 76.7 cm³/mol. The first-order valence-electron chi connectivity index (χ1n) is 5.49. The fraction of sp³-hybridized carbons (Fsp3) is 1.00. The van der Waals surface area contributed by atoms with Crippen LogP contribution in [-0.4, -0.2) is 42.5 Å². The van der Waals surface area contributed by atoms with Crippen LogP contribution >= 0.6 is 25.8 Å². The summed E-state index contributed by atoms with van der Waals surface area (Å²) in [6.07, 6.45) is -0.895. The van der Waals surface area contributed by atoms with Gasteiger partial charge in [-0.2, -0.15) is 0 Å². The average molecular weight is 352 g/mol. The van der Waals surface area contributed by atoms with Gasteiger partial charge < -0.3 is 23.6 Å². The lowest BCUT2D eigenvalue weighted by Crippen LogP contribution is -2.35. The van der Waals surface area contributed by atoms with Crippen molar-refractivity contribution in [3.05, 3.63) is 0 Å². The fourth-order valence-corrected chi connectivity index (χ4v) is 3.86. The first-order valence-corrected chi connectivity index (χ1v) is 10.8. The van der Waals surface area contributed by atoms with Crippen molar-refractivity contribution in [2.24, 2.45) is 0 Å². The van der Waals surface area contributed by atoms with E-state index in [1.807, 2.05) is 0 Å². The van der Waals surface area contributed by atoms with Gasteiger partial charge in [0.15, 0.2) is 0 Å². The fourth-order valence-electron chi connectivity index (χ4n) is 1.82. The van der Waals surface area contributed by atoms with Crippen LogP contribution in [-0.2, 0) is 34.5 Å². The van der Waals surface area contributed by atoms with Gasteiger partial charge in [0.05, 0.1) is 18.3 Å².